The number of piperazine rings is 1. The highest BCUT2D eigenvalue weighted by Crippen LogP contribution is 2.32. The van der Waals surface area contributed by atoms with Gasteiger partial charge >= 0.3 is 0 Å². The maximum atomic E-state index is 5.56. The third kappa shape index (κ3) is 4.24. The number of nitrogens with zero attached hydrogens (tertiary/aromatic N) is 1. The molecular weight excluding hydrogens is 396 g/mol. The minimum absolute atomic E-state index is 0.843. The van der Waals surface area contributed by atoms with E-state index in [0.29, 0.717) is 0 Å². The average Bonchev–Trinajstić information content (AvgIpc) is 2.69. The summed E-state index contributed by atoms with van der Waals surface area (Å²) < 4.78 is 17.3. The summed E-state index contributed by atoms with van der Waals surface area (Å²) in [5.74, 6) is 2.65. The van der Waals surface area contributed by atoms with Gasteiger partial charge in [-0.1, -0.05) is 6.07 Å². The van der Waals surface area contributed by atoms with Crippen LogP contribution in [0.2, 0.25) is 0 Å². The van der Waals surface area contributed by atoms with Crippen LogP contribution in [0.1, 0.15) is 5.56 Å². The molecule has 3 rings (SSSR count). The zero-order valence-electron chi connectivity index (χ0n) is 15.5. The number of quaternary nitrogens is 1. The zero-order chi connectivity index (χ0) is 18.5. The maximum Gasteiger partial charge on any atom is 0.133 e. The topological polar surface area (TPSA) is 35.4 Å². The molecule has 1 N–H and O–H groups in total. The van der Waals surface area contributed by atoms with Gasteiger partial charge in [-0.2, -0.15) is 0 Å². The van der Waals surface area contributed by atoms with Crippen LogP contribution in [0.4, 0.5) is 5.69 Å². The molecule has 0 atom stereocenters. The summed E-state index contributed by atoms with van der Waals surface area (Å²) in [6.45, 7) is 5.15. The highest BCUT2D eigenvalue weighted by atomic mass is 79.9. The highest BCUT2D eigenvalue weighted by molar-refractivity contribution is 9.10. The molecule has 0 aliphatic carbocycles. The van der Waals surface area contributed by atoms with Gasteiger partial charge in [0.15, 0.2) is 0 Å². The minimum Gasteiger partial charge on any atom is -0.497 e. The smallest absolute Gasteiger partial charge is 0.133 e. The van der Waals surface area contributed by atoms with Gasteiger partial charge in [0.1, 0.15) is 23.8 Å². The molecular formula is C20H26BrN2O3+. The zero-order valence-corrected chi connectivity index (χ0v) is 17.1. The van der Waals surface area contributed by atoms with E-state index in [9.17, 15) is 0 Å². The second-order valence-electron chi connectivity index (χ2n) is 6.41. The van der Waals surface area contributed by atoms with E-state index in [1.165, 1.54) is 11.3 Å². The second kappa shape index (κ2) is 8.64. The van der Waals surface area contributed by atoms with Crippen molar-refractivity contribution in [3.8, 4) is 17.2 Å². The van der Waals surface area contributed by atoms with E-state index in [2.05, 4.69) is 39.0 Å². The third-order valence-corrected chi connectivity index (χ3v) is 5.50. The summed E-state index contributed by atoms with van der Waals surface area (Å²) in [6, 6.07) is 12.3. The van der Waals surface area contributed by atoms with Crippen molar-refractivity contribution in [1.29, 1.82) is 0 Å². The Labute approximate surface area is 163 Å². The van der Waals surface area contributed by atoms with E-state index in [4.69, 9.17) is 14.2 Å². The molecule has 0 aromatic heterocycles. The van der Waals surface area contributed by atoms with Crippen molar-refractivity contribution in [2.45, 2.75) is 6.54 Å². The van der Waals surface area contributed by atoms with Gasteiger partial charge in [-0.05, 0) is 40.2 Å². The summed E-state index contributed by atoms with van der Waals surface area (Å²) in [6.07, 6.45) is 0. The fraction of sp³-hybridized carbons (Fsp3) is 0.400. The van der Waals surface area contributed by atoms with Gasteiger partial charge in [-0.15, -0.1) is 0 Å². The van der Waals surface area contributed by atoms with Crippen molar-refractivity contribution in [2.75, 3.05) is 52.4 Å². The van der Waals surface area contributed by atoms with Crippen LogP contribution < -0.4 is 24.0 Å². The molecule has 0 radical (unpaired) electrons. The maximum absolute atomic E-state index is 5.56. The summed E-state index contributed by atoms with van der Waals surface area (Å²) in [5, 5.41) is 0. The molecule has 1 saturated heterocycles. The molecule has 1 aliphatic rings. The first-order valence-corrected chi connectivity index (χ1v) is 9.57. The van der Waals surface area contributed by atoms with Crippen molar-refractivity contribution in [1.82, 2.24) is 0 Å². The lowest BCUT2D eigenvalue weighted by Gasteiger charge is -2.34. The lowest BCUT2D eigenvalue weighted by molar-refractivity contribution is -0.914. The van der Waals surface area contributed by atoms with E-state index in [1.807, 2.05) is 18.2 Å². The van der Waals surface area contributed by atoms with Crippen LogP contribution in [0.5, 0.6) is 17.2 Å². The molecule has 1 aliphatic heterocycles. The van der Waals surface area contributed by atoms with Crippen LogP contribution in [0, 0.1) is 0 Å². The van der Waals surface area contributed by atoms with Crippen LogP contribution in [-0.2, 0) is 6.54 Å². The third-order valence-electron chi connectivity index (χ3n) is 4.88. The van der Waals surface area contributed by atoms with Crippen molar-refractivity contribution in [3.05, 3.63) is 46.4 Å². The first-order chi connectivity index (χ1) is 12.6. The summed E-state index contributed by atoms with van der Waals surface area (Å²) in [4.78, 5) is 3.97. The normalized spacial score (nSPS) is 15.0. The number of ether oxygens (including phenoxy) is 3. The molecule has 2 aromatic carbocycles. The van der Waals surface area contributed by atoms with Crippen LogP contribution in [-0.4, -0.2) is 47.5 Å². The van der Waals surface area contributed by atoms with E-state index in [1.54, 1.807) is 26.2 Å². The van der Waals surface area contributed by atoms with Crippen LogP contribution in [0.25, 0.3) is 0 Å². The first kappa shape index (κ1) is 18.9. The highest BCUT2D eigenvalue weighted by Gasteiger charge is 2.22. The molecule has 1 fully saturated rings. The Morgan fingerprint density at radius 3 is 2.35 bits per heavy atom. The molecule has 0 spiro atoms. The monoisotopic (exact) mass is 421 g/mol. The molecule has 26 heavy (non-hydrogen) atoms. The van der Waals surface area contributed by atoms with Crippen molar-refractivity contribution in [2.24, 2.45) is 0 Å². The van der Waals surface area contributed by atoms with Crippen molar-refractivity contribution in [3.63, 3.8) is 0 Å². The van der Waals surface area contributed by atoms with E-state index < -0.39 is 0 Å². The number of hydrogen-bond acceptors (Lipinski definition) is 4. The summed E-state index contributed by atoms with van der Waals surface area (Å²) >= 11 is 3.52. The summed E-state index contributed by atoms with van der Waals surface area (Å²) in [7, 11) is 5.12. The van der Waals surface area contributed by atoms with E-state index in [0.717, 1.165) is 54.4 Å². The Morgan fingerprint density at radius 2 is 1.69 bits per heavy atom. The number of rotatable bonds is 6. The van der Waals surface area contributed by atoms with E-state index in [-0.39, 0.29) is 0 Å². The molecule has 1 heterocycles. The number of hydrogen-bond donors (Lipinski definition) is 1. The molecule has 0 unspecified atom stereocenters. The van der Waals surface area contributed by atoms with Gasteiger partial charge in [-0.3, -0.25) is 0 Å². The fourth-order valence-electron chi connectivity index (χ4n) is 3.40. The number of benzene rings is 2. The quantitative estimate of drug-likeness (QED) is 0.776. The van der Waals surface area contributed by atoms with Gasteiger partial charge in [0, 0.05) is 11.8 Å². The second-order valence-corrected chi connectivity index (χ2v) is 7.27. The number of nitrogens with one attached hydrogen (secondary N) is 1. The van der Waals surface area contributed by atoms with Crippen LogP contribution in [0.15, 0.2) is 40.9 Å². The Morgan fingerprint density at radius 1 is 0.962 bits per heavy atom. The lowest BCUT2D eigenvalue weighted by atomic mass is 10.1. The van der Waals surface area contributed by atoms with Crippen molar-refractivity contribution >= 4 is 21.6 Å². The van der Waals surface area contributed by atoms with Gasteiger partial charge in [0.25, 0.3) is 0 Å². The van der Waals surface area contributed by atoms with Gasteiger partial charge in [0.05, 0.1) is 57.5 Å². The molecule has 2 aromatic rings. The van der Waals surface area contributed by atoms with Crippen LogP contribution >= 0.6 is 15.9 Å². The molecule has 5 nitrogen and oxygen atoms in total. The SMILES string of the molecule is COc1cccc(N2CC[NH+](Cc3cc(OC)c(Br)cc3OC)CC2)c1. The van der Waals surface area contributed by atoms with Gasteiger partial charge < -0.3 is 24.0 Å². The Balaban J connectivity index is 1.65. The Hall–Kier alpha value is -1.92. The fourth-order valence-corrected chi connectivity index (χ4v) is 3.88. The number of halogens is 1. The number of methoxy groups -OCH3 is 3. The molecule has 0 bridgehead atoms. The van der Waals surface area contributed by atoms with E-state index >= 15 is 0 Å². The largest absolute Gasteiger partial charge is 0.497 e. The van der Waals surface area contributed by atoms with Gasteiger partial charge in [-0.25, -0.2) is 0 Å². The number of anilines is 1. The molecule has 140 valence electrons. The predicted octanol–water partition coefficient (Wildman–Crippen LogP) is 2.38. The molecule has 6 heteroatoms. The molecule has 0 amide bonds. The Bertz CT molecular complexity index is 746. The lowest BCUT2D eigenvalue weighted by Crippen LogP contribution is -3.13. The predicted molar refractivity (Wildman–Crippen MR) is 107 cm³/mol. The summed E-state index contributed by atoms with van der Waals surface area (Å²) in [5.41, 5.74) is 2.41. The standard InChI is InChI=1S/C20H25BrN2O3/c1-24-17-6-4-5-16(12-17)23-9-7-22(8-10-23)14-15-11-20(26-3)18(21)13-19(15)25-2/h4-6,11-13H,7-10,14H2,1-3H3/p+1. The Kier molecular flexibility index (Phi) is 6.27. The van der Waals surface area contributed by atoms with Gasteiger partial charge in [0.2, 0.25) is 0 Å². The first-order valence-electron chi connectivity index (χ1n) is 8.77. The van der Waals surface area contributed by atoms with Crippen molar-refractivity contribution < 1.29 is 19.1 Å². The van der Waals surface area contributed by atoms with Crippen LogP contribution in [0.3, 0.4) is 0 Å². The average molecular weight is 422 g/mol. The molecule has 0 saturated carbocycles. The minimum atomic E-state index is 0.843.